The Bertz CT molecular complexity index is 1970. The smallest absolute Gasteiger partial charge is 0.285 e. The molecule has 10 heteroatoms. The zero-order valence-corrected chi connectivity index (χ0v) is 30.8. The molecule has 7 nitrogen and oxygen atoms in total. The summed E-state index contributed by atoms with van der Waals surface area (Å²) in [5, 5.41) is 3.82. The molecule has 5 rings (SSSR count). The minimum Gasteiger partial charge on any atom is -0.488 e. The van der Waals surface area contributed by atoms with Crippen molar-refractivity contribution in [3.8, 4) is 5.75 Å². The highest BCUT2D eigenvalue weighted by Gasteiger charge is 2.35. The van der Waals surface area contributed by atoms with Gasteiger partial charge in [0, 0.05) is 16.3 Å². The molecule has 1 heterocycles. The van der Waals surface area contributed by atoms with Gasteiger partial charge in [-0.3, -0.25) is 19.3 Å². The van der Waals surface area contributed by atoms with Gasteiger partial charge in [-0.15, -0.1) is 0 Å². The van der Waals surface area contributed by atoms with Crippen LogP contribution >= 0.6 is 46.0 Å². The predicted octanol–water partition coefficient (Wildman–Crippen LogP) is 8.92. The van der Waals surface area contributed by atoms with Crippen LogP contribution in [0.2, 0.25) is 5.02 Å². The fourth-order valence-electron chi connectivity index (χ4n) is 5.05. The number of ether oxygens (including phenoxy) is 1. The fraction of sp³-hybridized carbons (Fsp3) is 0.100. The number of allylic oxidation sites excluding steroid dienone is 4. The van der Waals surface area contributed by atoms with E-state index in [1.54, 1.807) is 43.4 Å². The molecule has 1 N–H and O–H groups in total. The second-order valence-electron chi connectivity index (χ2n) is 10.9. The Morgan fingerprint density at radius 2 is 1.66 bits per heavy atom. The molecule has 0 spiro atoms. The van der Waals surface area contributed by atoms with Gasteiger partial charge in [0.2, 0.25) is 5.91 Å². The van der Waals surface area contributed by atoms with Crippen molar-refractivity contribution in [3.05, 3.63) is 176 Å². The van der Waals surface area contributed by atoms with E-state index in [4.69, 9.17) is 16.3 Å². The van der Waals surface area contributed by atoms with Crippen LogP contribution in [0.3, 0.4) is 0 Å². The summed E-state index contributed by atoms with van der Waals surface area (Å²) in [6, 6.07) is 31.8. The van der Waals surface area contributed by atoms with Crippen molar-refractivity contribution in [2.45, 2.75) is 19.6 Å². The summed E-state index contributed by atoms with van der Waals surface area (Å²) >= 11 is 9.44. The number of nitrogens with zero attached hydrogens (tertiary/aromatic N) is 2. The number of rotatable bonds is 12. The fourth-order valence-corrected chi connectivity index (χ4v) is 6.75. The van der Waals surface area contributed by atoms with Crippen molar-refractivity contribution >= 4 is 74.9 Å². The van der Waals surface area contributed by atoms with Crippen molar-refractivity contribution in [1.29, 1.82) is 0 Å². The van der Waals surface area contributed by atoms with Gasteiger partial charge in [0.25, 0.3) is 11.8 Å². The van der Waals surface area contributed by atoms with Crippen molar-refractivity contribution in [1.82, 2.24) is 10.2 Å². The molecule has 0 radical (unpaired) electrons. The SMILES string of the molecule is C=C/C=C\C(=C/C)N1C(=O)/C(=C/c2ccc(OCc3ccccc3Cl)c(I)c2)C(=O)N=C1SCC(=O)NC(c1ccccc1)c1ccccc1. The van der Waals surface area contributed by atoms with E-state index in [0.29, 0.717) is 28.6 Å². The van der Waals surface area contributed by atoms with Gasteiger partial charge in [0.05, 0.1) is 15.4 Å². The normalized spacial score (nSPS) is 14.3. The van der Waals surface area contributed by atoms with Crippen molar-refractivity contribution in [2.24, 2.45) is 4.99 Å². The van der Waals surface area contributed by atoms with Gasteiger partial charge >= 0.3 is 0 Å². The highest BCUT2D eigenvalue weighted by atomic mass is 127. The van der Waals surface area contributed by atoms with Crippen LogP contribution in [0.25, 0.3) is 6.08 Å². The molecule has 1 aliphatic rings. The van der Waals surface area contributed by atoms with E-state index >= 15 is 0 Å². The molecular formula is C40H33ClIN3O4S. The van der Waals surface area contributed by atoms with Crippen LogP contribution in [0, 0.1) is 3.57 Å². The van der Waals surface area contributed by atoms with E-state index in [1.807, 2.05) is 91.0 Å². The molecular weight excluding hydrogens is 781 g/mol. The molecule has 0 atom stereocenters. The number of carbonyl (C=O) groups excluding carboxylic acids is 3. The summed E-state index contributed by atoms with van der Waals surface area (Å²) in [6.45, 7) is 5.80. The maximum absolute atomic E-state index is 14.1. The zero-order chi connectivity index (χ0) is 35.5. The molecule has 0 aromatic heterocycles. The summed E-state index contributed by atoms with van der Waals surface area (Å²) < 4.78 is 6.78. The van der Waals surface area contributed by atoms with Gasteiger partial charge in [-0.05, 0) is 76.6 Å². The van der Waals surface area contributed by atoms with E-state index in [1.165, 1.54) is 11.0 Å². The summed E-state index contributed by atoms with van der Waals surface area (Å²) in [4.78, 5) is 46.5. The second-order valence-corrected chi connectivity index (χ2v) is 13.4. The number of amides is 3. The van der Waals surface area contributed by atoms with E-state index in [2.05, 4.69) is 39.5 Å². The quantitative estimate of drug-likeness (QED) is 0.0669. The molecule has 0 saturated carbocycles. The molecule has 0 aliphatic carbocycles. The van der Waals surface area contributed by atoms with Gasteiger partial charge < -0.3 is 10.1 Å². The van der Waals surface area contributed by atoms with E-state index in [-0.39, 0.29) is 28.4 Å². The summed E-state index contributed by atoms with van der Waals surface area (Å²) in [7, 11) is 0. The lowest BCUT2D eigenvalue weighted by Gasteiger charge is -2.28. The molecule has 252 valence electrons. The van der Waals surface area contributed by atoms with Crippen LogP contribution in [0.4, 0.5) is 0 Å². The van der Waals surface area contributed by atoms with Crippen molar-refractivity contribution in [3.63, 3.8) is 0 Å². The van der Waals surface area contributed by atoms with Crippen molar-refractivity contribution in [2.75, 3.05) is 5.75 Å². The number of benzene rings is 4. The van der Waals surface area contributed by atoms with E-state index < -0.39 is 11.8 Å². The highest BCUT2D eigenvalue weighted by Crippen LogP contribution is 2.29. The third-order valence-corrected chi connectivity index (χ3v) is 9.67. The number of hydrogen-bond donors (Lipinski definition) is 1. The number of thioether (sulfide) groups is 1. The lowest BCUT2D eigenvalue weighted by Crippen LogP contribution is -2.42. The van der Waals surface area contributed by atoms with Crippen molar-refractivity contribution < 1.29 is 19.1 Å². The molecule has 0 saturated heterocycles. The van der Waals surface area contributed by atoms with Crippen LogP contribution < -0.4 is 10.1 Å². The third kappa shape index (κ3) is 9.29. The first-order valence-corrected chi connectivity index (χ1v) is 18.1. The van der Waals surface area contributed by atoms with Crippen LogP contribution in [0.1, 0.15) is 35.2 Å². The first-order valence-electron chi connectivity index (χ1n) is 15.6. The Hall–Kier alpha value is -4.71. The van der Waals surface area contributed by atoms with Gasteiger partial charge in [-0.25, -0.2) is 0 Å². The Kier molecular flexibility index (Phi) is 13.0. The van der Waals surface area contributed by atoms with Crippen LogP contribution in [0.15, 0.2) is 150 Å². The molecule has 0 unspecified atom stereocenters. The molecule has 4 aromatic carbocycles. The molecule has 4 aromatic rings. The largest absolute Gasteiger partial charge is 0.488 e. The van der Waals surface area contributed by atoms with Gasteiger partial charge in [-0.2, -0.15) is 4.99 Å². The molecule has 3 amide bonds. The topological polar surface area (TPSA) is 88.1 Å². The number of carbonyl (C=O) groups is 3. The van der Waals surface area contributed by atoms with E-state index in [0.717, 1.165) is 32.0 Å². The predicted molar refractivity (Wildman–Crippen MR) is 211 cm³/mol. The first-order chi connectivity index (χ1) is 24.3. The first kappa shape index (κ1) is 36.6. The standard InChI is InChI=1S/C40H33ClIN3O4S/c1-3-5-19-31(4-2)45-39(48)32(23-27-21-22-35(34(42)24-27)49-25-30-18-12-13-20-33(30)41)38(47)44-40(45)50-26-36(46)43-37(28-14-8-6-9-15-28)29-16-10-7-11-17-29/h3-24,37H,1,25-26H2,2H3,(H,43,46)/b19-5-,31-4+,32-23+. The highest BCUT2D eigenvalue weighted by molar-refractivity contribution is 14.1. The van der Waals surface area contributed by atoms with Gasteiger partial charge in [-0.1, -0.05) is 133 Å². The van der Waals surface area contributed by atoms with Crippen LogP contribution in [-0.2, 0) is 21.0 Å². The molecule has 0 bridgehead atoms. The van der Waals surface area contributed by atoms with Crippen LogP contribution in [-0.4, -0.2) is 33.5 Å². The maximum Gasteiger partial charge on any atom is 0.285 e. The average molecular weight is 814 g/mol. The maximum atomic E-state index is 14.1. The second kappa shape index (κ2) is 17.8. The number of amidine groups is 1. The Morgan fingerprint density at radius 1 is 1.00 bits per heavy atom. The summed E-state index contributed by atoms with van der Waals surface area (Å²) in [5.74, 6) is -0.987. The summed E-state index contributed by atoms with van der Waals surface area (Å²) in [6.07, 6.45) is 8.22. The molecule has 50 heavy (non-hydrogen) atoms. The van der Waals surface area contributed by atoms with Gasteiger partial charge in [0.15, 0.2) is 5.17 Å². The third-order valence-electron chi connectivity index (χ3n) is 7.52. The Balaban J connectivity index is 1.37. The average Bonchev–Trinajstić information content (AvgIpc) is 3.13. The molecule has 1 aliphatic heterocycles. The monoisotopic (exact) mass is 813 g/mol. The Morgan fingerprint density at radius 3 is 2.28 bits per heavy atom. The number of aliphatic imine (C=N–C) groups is 1. The van der Waals surface area contributed by atoms with E-state index in [9.17, 15) is 14.4 Å². The summed E-state index contributed by atoms with van der Waals surface area (Å²) in [5.41, 5.74) is 3.70. The minimum atomic E-state index is -0.696. The minimum absolute atomic E-state index is 0.0822. The zero-order valence-electron chi connectivity index (χ0n) is 27.1. The lowest BCUT2D eigenvalue weighted by atomic mass is 9.99. The number of nitrogens with one attached hydrogen (secondary N) is 1. The van der Waals surface area contributed by atoms with Gasteiger partial charge in [0.1, 0.15) is 17.9 Å². The number of hydrogen-bond acceptors (Lipinski definition) is 5. The lowest BCUT2D eigenvalue weighted by molar-refractivity contribution is -0.126. The molecule has 0 fully saturated rings. The van der Waals surface area contributed by atoms with Crippen LogP contribution in [0.5, 0.6) is 5.75 Å². The Labute approximate surface area is 314 Å². The number of halogens is 2.